The maximum absolute atomic E-state index is 3.93. The number of thiol groups is 1. The smallest absolute Gasteiger partial charge is 0.119 e. The van der Waals surface area contributed by atoms with E-state index in [2.05, 4.69) is 53.8 Å². The number of hydrogen-bond donors (Lipinski definition) is 1. The molecule has 1 rings (SSSR count). The summed E-state index contributed by atoms with van der Waals surface area (Å²) in [7, 11) is 0. The zero-order chi connectivity index (χ0) is 10.6. The first kappa shape index (κ1) is 11.7. The lowest BCUT2D eigenvalue weighted by molar-refractivity contribution is 0.611. The molecule has 1 aromatic heterocycles. The first-order valence-corrected chi connectivity index (χ1v) is 5.75. The van der Waals surface area contributed by atoms with Crippen LogP contribution in [-0.4, -0.2) is 25.1 Å². The highest BCUT2D eigenvalue weighted by Crippen LogP contribution is 2.33. The van der Waals surface area contributed by atoms with Crippen molar-refractivity contribution >= 4 is 24.4 Å². The minimum atomic E-state index is 0.135. The fourth-order valence-electron chi connectivity index (χ4n) is 1.16. The van der Waals surface area contributed by atoms with Crippen LogP contribution in [0.1, 0.15) is 33.6 Å². The molecule has 1 aromatic rings. The second-order valence-electron chi connectivity index (χ2n) is 3.59. The van der Waals surface area contributed by atoms with Gasteiger partial charge in [0, 0.05) is 4.75 Å². The maximum Gasteiger partial charge on any atom is 0.230 e. The molecule has 0 aliphatic heterocycles. The SMILES string of the molecule is CCCC(C)(C)Sc1nnc(S)nn1. The van der Waals surface area contributed by atoms with Gasteiger partial charge in [-0.15, -0.1) is 20.4 Å². The standard InChI is InChI=1S/C8H14N4S2/c1-4-5-8(2,3)14-7-11-9-6(13)10-12-7/h4-5H2,1-3H3,(H,9,10,13). The maximum atomic E-state index is 3.93. The van der Waals surface area contributed by atoms with Crippen LogP contribution in [0.4, 0.5) is 0 Å². The van der Waals surface area contributed by atoms with Crippen LogP contribution in [0.5, 0.6) is 0 Å². The van der Waals surface area contributed by atoms with Crippen LogP contribution in [0.15, 0.2) is 10.3 Å². The van der Waals surface area contributed by atoms with Crippen LogP contribution in [0.25, 0.3) is 0 Å². The van der Waals surface area contributed by atoms with Gasteiger partial charge in [-0.05, 0) is 6.42 Å². The van der Waals surface area contributed by atoms with Gasteiger partial charge in [0.05, 0.1) is 0 Å². The molecule has 0 radical (unpaired) electrons. The molecule has 0 atom stereocenters. The van der Waals surface area contributed by atoms with Crippen LogP contribution >= 0.6 is 24.4 Å². The van der Waals surface area contributed by atoms with Gasteiger partial charge >= 0.3 is 0 Å². The van der Waals surface area contributed by atoms with E-state index >= 15 is 0 Å². The summed E-state index contributed by atoms with van der Waals surface area (Å²) in [5.74, 6) is 0. The first-order valence-electron chi connectivity index (χ1n) is 4.49. The van der Waals surface area contributed by atoms with Crippen LogP contribution in [0.2, 0.25) is 0 Å². The van der Waals surface area contributed by atoms with Crippen molar-refractivity contribution < 1.29 is 0 Å². The molecule has 0 saturated heterocycles. The molecule has 1 heterocycles. The number of thioether (sulfide) groups is 1. The molecule has 0 spiro atoms. The van der Waals surface area contributed by atoms with E-state index in [9.17, 15) is 0 Å². The predicted octanol–water partition coefficient (Wildman–Crippen LogP) is 2.23. The Morgan fingerprint density at radius 2 is 1.79 bits per heavy atom. The number of rotatable bonds is 4. The molecule has 78 valence electrons. The second-order valence-corrected chi connectivity index (χ2v) is 5.67. The van der Waals surface area contributed by atoms with Gasteiger partial charge in [-0.2, -0.15) is 0 Å². The third-order valence-electron chi connectivity index (χ3n) is 1.67. The van der Waals surface area contributed by atoms with Gasteiger partial charge in [-0.3, -0.25) is 0 Å². The van der Waals surface area contributed by atoms with Crippen molar-refractivity contribution in [3.63, 3.8) is 0 Å². The van der Waals surface area contributed by atoms with E-state index in [1.165, 1.54) is 0 Å². The summed E-state index contributed by atoms with van der Waals surface area (Å²) in [5, 5.41) is 16.2. The van der Waals surface area contributed by atoms with Crippen LogP contribution < -0.4 is 0 Å². The van der Waals surface area contributed by atoms with E-state index < -0.39 is 0 Å². The monoisotopic (exact) mass is 230 g/mol. The third-order valence-corrected chi connectivity index (χ3v) is 2.95. The Morgan fingerprint density at radius 3 is 2.29 bits per heavy atom. The zero-order valence-corrected chi connectivity index (χ0v) is 10.3. The molecule has 0 bridgehead atoms. The lowest BCUT2D eigenvalue weighted by Crippen LogP contribution is -2.15. The van der Waals surface area contributed by atoms with Crippen LogP contribution in [-0.2, 0) is 0 Å². The highest BCUT2D eigenvalue weighted by molar-refractivity contribution is 8.00. The van der Waals surface area contributed by atoms with E-state index in [0.717, 1.165) is 12.8 Å². The fourth-order valence-corrected chi connectivity index (χ4v) is 2.21. The van der Waals surface area contributed by atoms with Gasteiger partial charge in [0.15, 0.2) is 0 Å². The van der Waals surface area contributed by atoms with Crippen LogP contribution in [0.3, 0.4) is 0 Å². The van der Waals surface area contributed by atoms with Gasteiger partial charge in [0.25, 0.3) is 0 Å². The molecule has 0 aliphatic rings. The minimum absolute atomic E-state index is 0.135. The largest absolute Gasteiger partial charge is 0.230 e. The summed E-state index contributed by atoms with van der Waals surface area (Å²) < 4.78 is 0.135. The van der Waals surface area contributed by atoms with Crippen molar-refractivity contribution in [1.29, 1.82) is 0 Å². The van der Waals surface area contributed by atoms with Crippen molar-refractivity contribution in [2.75, 3.05) is 0 Å². The molecule has 0 aromatic carbocycles. The number of nitrogens with zero attached hydrogens (tertiary/aromatic N) is 4. The van der Waals surface area contributed by atoms with Crippen molar-refractivity contribution in [3.8, 4) is 0 Å². The normalized spacial score (nSPS) is 11.7. The summed E-state index contributed by atoms with van der Waals surface area (Å²) in [6.45, 7) is 6.49. The Bertz CT molecular complexity index is 286. The number of aromatic nitrogens is 4. The van der Waals surface area contributed by atoms with Crippen molar-refractivity contribution in [3.05, 3.63) is 0 Å². The zero-order valence-electron chi connectivity index (χ0n) is 8.56. The molecule has 14 heavy (non-hydrogen) atoms. The van der Waals surface area contributed by atoms with E-state index in [1.54, 1.807) is 11.8 Å². The van der Waals surface area contributed by atoms with E-state index in [-0.39, 0.29) is 4.75 Å². The molecule has 4 nitrogen and oxygen atoms in total. The molecule has 0 N–H and O–H groups in total. The highest BCUT2D eigenvalue weighted by atomic mass is 32.2. The van der Waals surface area contributed by atoms with E-state index in [4.69, 9.17) is 0 Å². The Hall–Kier alpha value is -0.360. The average Bonchev–Trinajstić information content (AvgIpc) is 2.08. The number of hydrogen-bond acceptors (Lipinski definition) is 6. The molecule has 0 unspecified atom stereocenters. The fraction of sp³-hybridized carbons (Fsp3) is 0.750. The van der Waals surface area contributed by atoms with Gasteiger partial charge in [-0.1, -0.05) is 51.6 Å². The lowest BCUT2D eigenvalue weighted by Gasteiger charge is -2.21. The van der Waals surface area contributed by atoms with Gasteiger partial charge in [0.2, 0.25) is 10.3 Å². The van der Waals surface area contributed by atoms with E-state index in [0.29, 0.717) is 10.3 Å². The van der Waals surface area contributed by atoms with Crippen molar-refractivity contribution in [2.45, 2.75) is 48.7 Å². The summed E-state index contributed by atoms with van der Waals surface area (Å²) in [5.41, 5.74) is 0. The van der Waals surface area contributed by atoms with Crippen molar-refractivity contribution in [2.24, 2.45) is 0 Å². The highest BCUT2D eigenvalue weighted by Gasteiger charge is 2.20. The molecule has 0 amide bonds. The van der Waals surface area contributed by atoms with E-state index in [1.807, 2.05) is 0 Å². The van der Waals surface area contributed by atoms with Crippen molar-refractivity contribution in [1.82, 2.24) is 20.4 Å². The van der Waals surface area contributed by atoms with Gasteiger partial charge in [-0.25, -0.2) is 0 Å². The molecule has 6 heteroatoms. The Labute approximate surface area is 93.7 Å². The predicted molar refractivity (Wildman–Crippen MR) is 59.7 cm³/mol. The molecular weight excluding hydrogens is 216 g/mol. The average molecular weight is 230 g/mol. The first-order chi connectivity index (χ1) is 6.53. The minimum Gasteiger partial charge on any atom is -0.119 e. The summed E-state index contributed by atoms with van der Waals surface area (Å²) >= 11 is 5.53. The summed E-state index contributed by atoms with van der Waals surface area (Å²) in [4.78, 5) is 0. The van der Waals surface area contributed by atoms with Crippen LogP contribution in [0, 0.1) is 0 Å². The summed E-state index contributed by atoms with van der Waals surface area (Å²) in [6, 6.07) is 0. The van der Waals surface area contributed by atoms with Gasteiger partial charge in [0.1, 0.15) is 0 Å². The third kappa shape index (κ3) is 3.79. The Morgan fingerprint density at radius 1 is 1.21 bits per heavy atom. The Kier molecular flexibility index (Phi) is 4.12. The summed E-state index contributed by atoms with van der Waals surface area (Å²) in [6.07, 6.45) is 2.26. The Balaban J connectivity index is 2.64. The topological polar surface area (TPSA) is 51.6 Å². The second kappa shape index (κ2) is 4.93. The molecule has 0 aliphatic carbocycles. The molecular formula is C8H14N4S2. The lowest BCUT2D eigenvalue weighted by atomic mass is 10.1. The molecule has 0 fully saturated rings. The van der Waals surface area contributed by atoms with Gasteiger partial charge < -0.3 is 0 Å². The molecule has 0 saturated carbocycles. The quantitative estimate of drug-likeness (QED) is 0.635.